The van der Waals surface area contributed by atoms with Crippen LogP contribution in [0.1, 0.15) is 124 Å². The molecule has 284 valence electrons. The fraction of sp³-hybridized carbons (Fsp3) is 0.535. The highest BCUT2D eigenvalue weighted by Gasteiger charge is 2.42. The Bertz CT molecular complexity index is 1370. The number of piperidine rings is 2. The molecule has 0 unspecified atom stereocenters. The average molecular weight is 771 g/mol. The van der Waals surface area contributed by atoms with Gasteiger partial charge in [0.1, 0.15) is 0 Å². The van der Waals surface area contributed by atoms with E-state index in [9.17, 15) is 5.21 Å². The third-order valence-corrected chi connectivity index (χ3v) is 11.9. The molecule has 4 nitrogen and oxygen atoms in total. The van der Waals surface area contributed by atoms with E-state index < -0.39 is 0 Å². The Morgan fingerprint density at radius 3 is 1.31 bits per heavy atom. The number of nitrogens with zero attached hydrogens (tertiary/aromatic N) is 2. The van der Waals surface area contributed by atoms with Gasteiger partial charge >= 0.3 is 0 Å². The quantitative estimate of drug-likeness (QED) is 0.257. The summed E-state index contributed by atoms with van der Waals surface area (Å²) in [5.74, 6) is 0.939. The minimum absolute atomic E-state index is 0.0399. The van der Waals surface area contributed by atoms with Gasteiger partial charge in [0.2, 0.25) is 0 Å². The summed E-state index contributed by atoms with van der Waals surface area (Å²) in [6.45, 7) is 21.4. The Labute approximate surface area is 331 Å². The number of hydrogen-bond donors (Lipinski definition) is 1. The van der Waals surface area contributed by atoms with Gasteiger partial charge in [0.15, 0.2) is 0 Å². The van der Waals surface area contributed by atoms with Gasteiger partial charge in [0.05, 0.1) is 15.5 Å². The van der Waals surface area contributed by atoms with Crippen molar-refractivity contribution >= 4 is 56.4 Å². The number of benzene rings is 3. The van der Waals surface area contributed by atoms with E-state index in [0.29, 0.717) is 0 Å². The Morgan fingerprint density at radius 2 is 0.980 bits per heavy atom. The van der Waals surface area contributed by atoms with Crippen molar-refractivity contribution in [3.63, 3.8) is 0 Å². The molecular formula is C43H66N2O2S4. The molecule has 2 heterocycles. The summed E-state index contributed by atoms with van der Waals surface area (Å²) in [5.41, 5.74) is 3.89. The summed E-state index contributed by atoms with van der Waals surface area (Å²) >= 11 is 13.8. The van der Waals surface area contributed by atoms with Crippen molar-refractivity contribution in [2.24, 2.45) is 0 Å². The Kier molecular flexibility index (Phi) is 21.6. The topological polar surface area (TPSA) is 35.9 Å². The Morgan fingerprint density at radius 1 is 0.627 bits per heavy atom. The second kappa shape index (κ2) is 23.2. The normalized spacial score (nSPS) is 18.4. The summed E-state index contributed by atoms with van der Waals surface area (Å²) in [6, 6.07) is 30.6. The predicted molar refractivity (Wildman–Crippen MR) is 235 cm³/mol. The van der Waals surface area contributed by atoms with Crippen LogP contribution in [0.25, 0.3) is 0 Å². The maximum atomic E-state index is 9.80. The van der Waals surface area contributed by atoms with Crippen molar-refractivity contribution in [1.29, 1.82) is 0 Å². The van der Waals surface area contributed by atoms with Gasteiger partial charge in [-0.1, -0.05) is 129 Å². The zero-order chi connectivity index (χ0) is 38.7. The monoisotopic (exact) mass is 770 g/mol. The SMILES string of the molecule is CC.CC1(C)CCCC(C)(C)N1O.CON1C(C)(C)CCCC1(C)C.CSC(=S)c1ccccc1.S=C(SCc1ccccc1)c1ccccc1. The second-order valence-electron chi connectivity index (χ2n) is 15.0. The van der Waals surface area contributed by atoms with E-state index in [1.807, 2.05) is 74.7 Å². The summed E-state index contributed by atoms with van der Waals surface area (Å²) in [7, 11) is 1.77. The number of thioether (sulfide) groups is 2. The third-order valence-electron chi connectivity index (χ3n) is 9.00. The molecule has 0 radical (unpaired) electrons. The van der Waals surface area contributed by atoms with Crippen LogP contribution in [0.3, 0.4) is 0 Å². The van der Waals surface area contributed by atoms with Gasteiger partial charge in [-0.05, 0) is 117 Å². The maximum Gasteiger partial charge on any atom is 0.0781 e. The lowest BCUT2D eigenvalue weighted by Crippen LogP contribution is -2.57. The van der Waals surface area contributed by atoms with Crippen molar-refractivity contribution in [1.82, 2.24) is 10.1 Å². The van der Waals surface area contributed by atoms with Gasteiger partial charge in [-0.25, -0.2) is 0 Å². The molecule has 2 aliphatic rings. The lowest BCUT2D eigenvalue weighted by atomic mass is 9.82. The number of hydrogen-bond acceptors (Lipinski definition) is 8. The first-order valence-corrected chi connectivity index (χ1v) is 21.2. The van der Waals surface area contributed by atoms with Crippen LogP contribution in [-0.2, 0) is 10.6 Å². The summed E-state index contributed by atoms with van der Waals surface area (Å²) in [4.78, 5) is 5.46. The molecule has 0 bridgehead atoms. The molecule has 0 saturated carbocycles. The molecule has 0 atom stereocenters. The molecule has 0 amide bonds. The highest BCUT2D eigenvalue weighted by molar-refractivity contribution is 8.23. The van der Waals surface area contributed by atoms with Crippen LogP contribution < -0.4 is 0 Å². The van der Waals surface area contributed by atoms with E-state index in [1.54, 1.807) is 30.6 Å². The van der Waals surface area contributed by atoms with Crippen LogP contribution in [-0.4, -0.2) is 59.2 Å². The molecule has 2 saturated heterocycles. The number of hydroxylamine groups is 4. The standard InChI is InChI=1S/C14H12S2.C10H21NO.C9H19NO.C8H8S2.C2H6/c15-14(13-9-5-2-6-10-13)16-11-12-7-3-1-4-8-12;1-9(2)7-6-8-10(3,4)11(9)12-5;1-8(2)6-5-7-9(3,4)10(8)11;1-10-8(9)7-5-3-2-4-6-7;1-2/h1-10H,11H2;6-8H2,1-5H3;11H,5-7H2,1-4H3;2-6H,1H3;1-2H3. The summed E-state index contributed by atoms with van der Waals surface area (Å²) in [5, 5.41) is 13.5. The molecule has 51 heavy (non-hydrogen) atoms. The summed E-state index contributed by atoms with van der Waals surface area (Å²) in [6.07, 6.45) is 9.15. The first-order valence-electron chi connectivity index (χ1n) is 18.2. The van der Waals surface area contributed by atoms with Gasteiger partial charge in [-0.3, -0.25) is 0 Å². The molecule has 0 aromatic heterocycles. The van der Waals surface area contributed by atoms with E-state index in [2.05, 4.69) is 96.9 Å². The minimum atomic E-state index is -0.0399. The van der Waals surface area contributed by atoms with E-state index in [-0.39, 0.29) is 22.2 Å². The number of rotatable bonds is 5. The van der Waals surface area contributed by atoms with Crippen LogP contribution in [0, 0.1) is 0 Å². The molecular weight excluding hydrogens is 705 g/mol. The average Bonchev–Trinajstić information content (AvgIpc) is 3.11. The number of thiocarbonyl (C=S) groups is 2. The second-order valence-corrected chi connectivity index (χ2v) is 18.2. The fourth-order valence-electron chi connectivity index (χ4n) is 6.53. The van der Waals surface area contributed by atoms with Crippen molar-refractivity contribution in [2.45, 2.75) is 136 Å². The van der Waals surface area contributed by atoms with Crippen molar-refractivity contribution in [2.75, 3.05) is 13.4 Å². The Balaban J connectivity index is 0.000000340. The van der Waals surface area contributed by atoms with E-state index in [1.165, 1.54) is 36.3 Å². The highest BCUT2D eigenvalue weighted by Crippen LogP contribution is 2.38. The zero-order valence-corrected chi connectivity index (χ0v) is 36.8. The first-order chi connectivity index (χ1) is 24.0. The van der Waals surface area contributed by atoms with E-state index in [4.69, 9.17) is 29.3 Å². The van der Waals surface area contributed by atoms with E-state index >= 15 is 0 Å². The fourth-order valence-corrected chi connectivity index (χ4v) is 8.14. The molecule has 3 aromatic rings. The summed E-state index contributed by atoms with van der Waals surface area (Å²) < 4.78 is 1.92. The van der Waals surface area contributed by atoms with Crippen LogP contribution in [0.4, 0.5) is 0 Å². The van der Waals surface area contributed by atoms with Crippen LogP contribution in [0.2, 0.25) is 0 Å². The van der Waals surface area contributed by atoms with Crippen molar-refractivity contribution < 1.29 is 10.0 Å². The van der Waals surface area contributed by atoms with Crippen molar-refractivity contribution in [3.8, 4) is 0 Å². The lowest BCUT2D eigenvalue weighted by Gasteiger charge is -2.50. The molecule has 0 aliphatic carbocycles. The van der Waals surface area contributed by atoms with Crippen LogP contribution in [0.15, 0.2) is 91.0 Å². The molecule has 2 fully saturated rings. The van der Waals surface area contributed by atoms with Gasteiger partial charge in [0, 0.05) is 27.9 Å². The van der Waals surface area contributed by atoms with Crippen LogP contribution >= 0.6 is 48.0 Å². The largest absolute Gasteiger partial charge is 0.313 e. The van der Waals surface area contributed by atoms with Gasteiger partial charge < -0.3 is 10.0 Å². The third kappa shape index (κ3) is 16.5. The molecule has 2 aliphatic heterocycles. The lowest BCUT2D eigenvalue weighted by molar-refractivity contribution is -0.263. The Hall–Kier alpha value is -1.62. The molecule has 1 N–H and O–H groups in total. The smallest absolute Gasteiger partial charge is 0.0781 e. The molecule has 0 spiro atoms. The van der Waals surface area contributed by atoms with E-state index in [0.717, 1.165) is 38.1 Å². The zero-order valence-electron chi connectivity index (χ0n) is 33.5. The van der Waals surface area contributed by atoms with Gasteiger partial charge in [-0.15, -0.1) is 23.5 Å². The molecule has 8 heteroatoms. The first kappa shape index (κ1) is 47.4. The molecule has 5 rings (SSSR count). The predicted octanol–water partition coefficient (Wildman–Crippen LogP) is 13.1. The van der Waals surface area contributed by atoms with Gasteiger partial charge in [-0.2, -0.15) is 10.1 Å². The molecule has 3 aromatic carbocycles. The van der Waals surface area contributed by atoms with Crippen molar-refractivity contribution in [3.05, 3.63) is 108 Å². The van der Waals surface area contributed by atoms with Crippen LogP contribution in [0.5, 0.6) is 0 Å². The minimum Gasteiger partial charge on any atom is -0.313 e. The highest BCUT2D eigenvalue weighted by atomic mass is 32.2. The maximum absolute atomic E-state index is 9.80. The van der Waals surface area contributed by atoms with Gasteiger partial charge in [0.25, 0.3) is 0 Å².